The van der Waals surface area contributed by atoms with E-state index in [1.807, 2.05) is 6.07 Å². The van der Waals surface area contributed by atoms with Crippen molar-refractivity contribution in [3.8, 4) is 6.07 Å². The molecule has 0 aliphatic heterocycles. The number of hydrogen-bond acceptors (Lipinski definition) is 4. The lowest BCUT2D eigenvalue weighted by atomic mass is 10.1. The van der Waals surface area contributed by atoms with Crippen LogP contribution in [-0.2, 0) is 0 Å². The highest BCUT2D eigenvalue weighted by Gasteiger charge is 2.27. The molecular weight excluding hydrogens is 282 g/mol. The highest BCUT2D eigenvalue weighted by Crippen LogP contribution is 2.27. The summed E-state index contributed by atoms with van der Waals surface area (Å²) in [5.41, 5.74) is -0.461. The Bertz CT molecular complexity index is 568. The smallest absolute Gasteiger partial charge is 0.283 e. The number of benzene rings is 1. The van der Waals surface area contributed by atoms with Crippen molar-refractivity contribution in [1.82, 2.24) is 4.90 Å². The second-order valence-corrected chi connectivity index (χ2v) is 4.67. The highest BCUT2D eigenvalue weighted by atomic mass is 35.5. The van der Waals surface area contributed by atoms with Gasteiger partial charge in [0.25, 0.3) is 11.6 Å². The molecule has 1 atom stereocenters. The molecule has 0 saturated carbocycles. The molecule has 0 fully saturated rings. The van der Waals surface area contributed by atoms with Crippen LogP contribution in [0.25, 0.3) is 0 Å². The van der Waals surface area contributed by atoms with Gasteiger partial charge in [0.15, 0.2) is 0 Å². The molecule has 0 aliphatic rings. The van der Waals surface area contributed by atoms with Gasteiger partial charge in [-0.1, -0.05) is 17.7 Å². The van der Waals surface area contributed by atoms with Crippen molar-refractivity contribution < 1.29 is 9.72 Å². The van der Waals surface area contributed by atoms with E-state index in [9.17, 15) is 14.9 Å². The van der Waals surface area contributed by atoms with E-state index in [1.165, 1.54) is 23.1 Å². The fourth-order valence-corrected chi connectivity index (χ4v) is 2.01. The van der Waals surface area contributed by atoms with Gasteiger partial charge in [0, 0.05) is 19.2 Å². The van der Waals surface area contributed by atoms with Gasteiger partial charge in [-0.05, 0) is 19.9 Å². The highest BCUT2D eigenvalue weighted by molar-refractivity contribution is 6.34. The average molecular weight is 296 g/mol. The van der Waals surface area contributed by atoms with Crippen LogP contribution in [0.2, 0.25) is 5.02 Å². The van der Waals surface area contributed by atoms with Gasteiger partial charge in [-0.15, -0.1) is 0 Å². The molecule has 20 heavy (non-hydrogen) atoms. The molecule has 0 bridgehead atoms. The maximum absolute atomic E-state index is 12.4. The summed E-state index contributed by atoms with van der Waals surface area (Å²) in [5, 5.41) is 19.8. The number of nitro benzene ring substituents is 1. The Morgan fingerprint density at radius 3 is 2.75 bits per heavy atom. The largest absolute Gasteiger partial charge is 0.337 e. The molecule has 1 amide bonds. The van der Waals surface area contributed by atoms with Crippen LogP contribution in [0.1, 0.15) is 24.2 Å². The Hall–Kier alpha value is -2.13. The first-order valence-corrected chi connectivity index (χ1v) is 6.41. The lowest BCUT2D eigenvalue weighted by molar-refractivity contribution is -0.385. The summed E-state index contributed by atoms with van der Waals surface area (Å²) in [4.78, 5) is 24.1. The van der Waals surface area contributed by atoms with Crippen LogP contribution >= 0.6 is 11.6 Å². The molecule has 6 nitrogen and oxygen atoms in total. The minimum atomic E-state index is -0.638. The van der Waals surface area contributed by atoms with E-state index in [0.717, 1.165) is 0 Å². The molecule has 0 radical (unpaired) electrons. The number of halogens is 1. The van der Waals surface area contributed by atoms with Crippen LogP contribution in [0.4, 0.5) is 5.69 Å². The minimum absolute atomic E-state index is 0.0345. The second kappa shape index (κ2) is 6.87. The number of amides is 1. The number of nitro groups is 1. The van der Waals surface area contributed by atoms with E-state index in [1.54, 1.807) is 13.8 Å². The molecule has 0 N–H and O–H groups in total. The predicted molar refractivity (Wildman–Crippen MR) is 74.5 cm³/mol. The van der Waals surface area contributed by atoms with Gasteiger partial charge in [0.05, 0.1) is 21.9 Å². The molecular formula is C13H14ClN3O3. The van der Waals surface area contributed by atoms with Crippen molar-refractivity contribution >= 4 is 23.2 Å². The Morgan fingerprint density at radius 2 is 2.25 bits per heavy atom. The fraction of sp³-hybridized carbons (Fsp3) is 0.385. The third kappa shape index (κ3) is 3.45. The van der Waals surface area contributed by atoms with Crippen LogP contribution in [0.15, 0.2) is 18.2 Å². The number of nitriles is 1. The molecule has 1 aromatic rings. The standard InChI is InChI=1S/C13H14ClN3O3/c1-3-16(8-9(2)7-15)13(18)12-10(14)5-4-6-11(12)17(19)20/h4-6,9H,3,8H2,1-2H3. The second-order valence-electron chi connectivity index (χ2n) is 4.27. The molecule has 0 aliphatic carbocycles. The van der Waals surface area contributed by atoms with Gasteiger partial charge in [0.1, 0.15) is 5.56 Å². The first kappa shape index (κ1) is 15.9. The normalized spacial score (nSPS) is 11.5. The molecule has 0 aromatic heterocycles. The number of nitrogens with zero attached hydrogens (tertiary/aromatic N) is 3. The summed E-state index contributed by atoms with van der Waals surface area (Å²) in [6, 6.07) is 6.12. The zero-order valence-electron chi connectivity index (χ0n) is 11.2. The first-order valence-electron chi connectivity index (χ1n) is 6.04. The number of rotatable bonds is 5. The van der Waals surface area contributed by atoms with Gasteiger partial charge >= 0.3 is 0 Å². The summed E-state index contributed by atoms with van der Waals surface area (Å²) in [6.07, 6.45) is 0. The lowest BCUT2D eigenvalue weighted by Crippen LogP contribution is -2.34. The first-order chi connectivity index (χ1) is 9.42. The van der Waals surface area contributed by atoms with Gasteiger partial charge in [-0.25, -0.2) is 0 Å². The third-order valence-electron chi connectivity index (χ3n) is 2.79. The van der Waals surface area contributed by atoms with E-state index >= 15 is 0 Å². The Kier molecular flexibility index (Phi) is 5.47. The number of carbonyl (C=O) groups excluding carboxylic acids is 1. The molecule has 0 heterocycles. The SMILES string of the molecule is CCN(CC(C)C#N)C(=O)c1c(Cl)cccc1[N+](=O)[O-]. The summed E-state index contributed by atoms with van der Waals surface area (Å²) < 4.78 is 0. The Labute approximate surface area is 121 Å². The molecule has 1 aromatic carbocycles. The summed E-state index contributed by atoms with van der Waals surface area (Å²) in [5.74, 6) is -0.896. The zero-order chi connectivity index (χ0) is 15.3. The molecule has 0 saturated heterocycles. The van der Waals surface area contributed by atoms with Crippen molar-refractivity contribution in [1.29, 1.82) is 5.26 Å². The molecule has 1 rings (SSSR count). The quantitative estimate of drug-likeness (QED) is 0.617. The monoisotopic (exact) mass is 295 g/mol. The lowest BCUT2D eigenvalue weighted by Gasteiger charge is -2.22. The molecule has 0 spiro atoms. The van der Waals surface area contributed by atoms with E-state index < -0.39 is 10.8 Å². The van der Waals surface area contributed by atoms with E-state index in [4.69, 9.17) is 16.9 Å². The van der Waals surface area contributed by atoms with E-state index in [0.29, 0.717) is 6.54 Å². The van der Waals surface area contributed by atoms with Crippen LogP contribution < -0.4 is 0 Å². The van der Waals surface area contributed by atoms with E-state index in [-0.39, 0.29) is 28.7 Å². The summed E-state index contributed by atoms with van der Waals surface area (Å²) in [6.45, 7) is 3.96. The topological polar surface area (TPSA) is 87.2 Å². The maximum Gasteiger partial charge on any atom is 0.283 e. The van der Waals surface area contributed by atoms with Crippen molar-refractivity contribution in [3.05, 3.63) is 38.9 Å². The minimum Gasteiger partial charge on any atom is -0.337 e. The summed E-state index contributed by atoms with van der Waals surface area (Å²) in [7, 11) is 0. The number of hydrogen-bond donors (Lipinski definition) is 0. The van der Waals surface area contributed by atoms with Crippen molar-refractivity contribution in [2.24, 2.45) is 5.92 Å². The van der Waals surface area contributed by atoms with Gasteiger partial charge in [0.2, 0.25) is 0 Å². The molecule has 7 heteroatoms. The van der Waals surface area contributed by atoms with Gasteiger partial charge in [-0.3, -0.25) is 14.9 Å². The van der Waals surface area contributed by atoms with Crippen LogP contribution in [0.3, 0.4) is 0 Å². The Balaban J connectivity index is 3.19. The third-order valence-corrected chi connectivity index (χ3v) is 3.10. The van der Waals surface area contributed by atoms with Gasteiger partial charge in [-0.2, -0.15) is 5.26 Å². The fourth-order valence-electron chi connectivity index (χ4n) is 1.76. The number of carbonyl (C=O) groups is 1. The van der Waals surface area contributed by atoms with E-state index in [2.05, 4.69) is 0 Å². The van der Waals surface area contributed by atoms with Crippen molar-refractivity contribution in [2.45, 2.75) is 13.8 Å². The summed E-state index contributed by atoms with van der Waals surface area (Å²) >= 11 is 5.92. The Morgan fingerprint density at radius 1 is 1.60 bits per heavy atom. The van der Waals surface area contributed by atoms with Gasteiger partial charge < -0.3 is 4.90 Å². The van der Waals surface area contributed by atoms with Crippen LogP contribution in [0, 0.1) is 27.4 Å². The van der Waals surface area contributed by atoms with Crippen LogP contribution in [-0.4, -0.2) is 28.8 Å². The van der Waals surface area contributed by atoms with Crippen LogP contribution in [0.5, 0.6) is 0 Å². The molecule has 106 valence electrons. The predicted octanol–water partition coefficient (Wildman–Crippen LogP) is 2.87. The van der Waals surface area contributed by atoms with Crippen molar-refractivity contribution in [2.75, 3.05) is 13.1 Å². The zero-order valence-corrected chi connectivity index (χ0v) is 11.9. The van der Waals surface area contributed by atoms with Crippen molar-refractivity contribution in [3.63, 3.8) is 0 Å². The molecule has 1 unspecified atom stereocenters. The average Bonchev–Trinajstić information content (AvgIpc) is 2.43. The maximum atomic E-state index is 12.4.